The van der Waals surface area contributed by atoms with Crippen LogP contribution in [0.25, 0.3) is 21.8 Å². The molecular formula is C27H26N4. The minimum absolute atomic E-state index is 0.338. The summed E-state index contributed by atoms with van der Waals surface area (Å²) in [6, 6.07) is 22.0. The van der Waals surface area contributed by atoms with Gasteiger partial charge in [0.05, 0.1) is 11.6 Å². The van der Waals surface area contributed by atoms with Crippen molar-refractivity contribution in [1.82, 2.24) is 14.5 Å². The van der Waals surface area contributed by atoms with Crippen LogP contribution in [0.2, 0.25) is 0 Å². The van der Waals surface area contributed by atoms with E-state index < -0.39 is 0 Å². The normalized spacial score (nSPS) is 12.5. The van der Waals surface area contributed by atoms with Crippen LogP contribution in [-0.2, 0) is 12.8 Å². The number of fused-ring (bicyclic) bond motifs is 3. The number of hydrogen-bond acceptors (Lipinski definition) is 3. The van der Waals surface area contributed by atoms with E-state index in [1.54, 1.807) is 0 Å². The molecule has 0 aliphatic heterocycles. The molecule has 4 nitrogen and oxygen atoms in total. The van der Waals surface area contributed by atoms with Crippen molar-refractivity contribution in [2.45, 2.75) is 32.7 Å². The molecule has 5 aromatic rings. The van der Waals surface area contributed by atoms with Crippen LogP contribution >= 0.6 is 0 Å². The van der Waals surface area contributed by atoms with Crippen LogP contribution in [0.3, 0.4) is 0 Å². The van der Waals surface area contributed by atoms with Crippen molar-refractivity contribution in [3.05, 3.63) is 102 Å². The number of hydrogen-bond donors (Lipinski definition) is 1. The lowest BCUT2D eigenvalue weighted by molar-refractivity contribution is 0.643. The fourth-order valence-corrected chi connectivity index (χ4v) is 4.23. The maximum Gasteiger partial charge on any atom is 0.150 e. The molecule has 0 saturated carbocycles. The van der Waals surface area contributed by atoms with Crippen molar-refractivity contribution in [1.29, 1.82) is 0 Å². The van der Waals surface area contributed by atoms with Crippen LogP contribution in [0.4, 0.5) is 5.82 Å². The Morgan fingerprint density at radius 1 is 0.903 bits per heavy atom. The van der Waals surface area contributed by atoms with Gasteiger partial charge in [-0.2, -0.15) is 0 Å². The topological polar surface area (TPSA) is 56.7 Å². The highest BCUT2D eigenvalue weighted by Gasteiger charge is 2.10. The number of nitrogens with two attached hydrogens (primary N) is 1. The second-order valence-electron chi connectivity index (χ2n) is 8.31. The lowest BCUT2D eigenvalue weighted by atomic mass is 10.0. The molecule has 4 heteroatoms. The number of aryl methyl sites for hydroxylation is 3. The van der Waals surface area contributed by atoms with Crippen LogP contribution in [0.15, 0.2) is 79.3 Å². The number of aromatic nitrogens is 3. The van der Waals surface area contributed by atoms with Gasteiger partial charge in [0.1, 0.15) is 5.52 Å². The molecule has 0 amide bonds. The van der Waals surface area contributed by atoms with E-state index in [4.69, 9.17) is 5.73 Å². The van der Waals surface area contributed by atoms with Crippen molar-refractivity contribution in [3.8, 4) is 0 Å². The van der Waals surface area contributed by atoms with Gasteiger partial charge in [-0.05, 0) is 73.2 Å². The molecule has 1 atom stereocenters. The minimum Gasteiger partial charge on any atom is -0.382 e. The van der Waals surface area contributed by atoms with Crippen molar-refractivity contribution in [3.63, 3.8) is 0 Å². The molecule has 0 bridgehead atoms. The molecule has 3 aromatic heterocycles. The molecule has 0 spiro atoms. The molecule has 31 heavy (non-hydrogen) atoms. The predicted molar refractivity (Wildman–Crippen MR) is 128 cm³/mol. The van der Waals surface area contributed by atoms with E-state index in [0.29, 0.717) is 11.9 Å². The van der Waals surface area contributed by atoms with Gasteiger partial charge in [0, 0.05) is 29.4 Å². The quantitative estimate of drug-likeness (QED) is 0.371. The first kappa shape index (κ1) is 19.3. The molecule has 0 saturated heterocycles. The van der Waals surface area contributed by atoms with Gasteiger partial charge < -0.3 is 10.3 Å². The Labute approximate surface area is 182 Å². The molecule has 1 unspecified atom stereocenters. The third-order valence-corrected chi connectivity index (χ3v) is 6.11. The summed E-state index contributed by atoms with van der Waals surface area (Å²) in [5.41, 5.74) is 12.9. The summed E-state index contributed by atoms with van der Waals surface area (Å²) in [5, 5.41) is 2.18. The Balaban J connectivity index is 1.38. The van der Waals surface area contributed by atoms with Crippen LogP contribution < -0.4 is 5.73 Å². The average molecular weight is 407 g/mol. The van der Waals surface area contributed by atoms with Gasteiger partial charge in [-0.25, -0.2) is 4.98 Å². The van der Waals surface area contributed by atoms with E-state index in [2.05, 4.69) is 101 Å². The highest BCUT2D eigenvalue weighted by Crippen LogP contribution is 2.28. The monoisotopic (exact) mass is 406 g/mol. The highest BCUT2D eigenvalue weighted by atomic mass is 15.0. The van der Waals surface area contributed by atoms with Gasteiger partial charge in [0.25, 0.3) is 0 Å². The van der Waals surface area contributed by atoms with Gasteiger partial charge in [-0.3, -0.25) is 4.98 Å². The van der Waals surface area contributed by atoms with Gasteiger partial charge in [0.15, 0.2) is 5.82 Å². The summed E-state index contributed by atoms with van der Waals surface area (Å²) in [6.45, 7) is 4.29. The van der Waals surface area contributed by atoms with E-state index in [0.717, 1.165) is 34.6 Å². The Hall–Kier alpha value is -3.66. The zero-order valence-corrected chi connectivity index (χ0v) is 17.9. The second kappa shape index (κ2) is 7.88. The third-order valence-electron chi connectivity index (χ3n) is 6.11. The number of anilines is 1. The maximum atomic E-state index is 6.19. The van der Waals surface area contributed by atoms with Gasteiger partial charge in [0.2, 0.25) is 0 Å². The molecule has 2 aromatic carbocycles. The zero-order chi connectivity index (χ0) is 21.4. The summed E-state index contributed by atoms with van der Waals surface area (Å²) in [7, 11) is 0. The van der Waals surface area contributed by atoms with Crippen LogP contribution in [0.1, 0.15) is 35.2 Å². The molecule has 5 rings (SSSR count). The van der Waals surface area contributed by atoms with Crippen LogP contribution in [-0.4, -0.2) is 14.5 Å². The first-order valence-electron chi connectivity index (χ1n) is 10.7. The Kier molecular flexibility index (Phi) is 4.91. The SMILES string of the molecule is Cc1ccc2c(c1)nc(N)c1ncc(CCc3ccc(C(C)n4cccc4)cc3)cc12. The first-order valence-corrected chi connectivity index (χ1v) is 10.7. The molecule has 0 radical (unpaired) electrons. The standard InChI is InChI=1S/C27H26N4/c1-18-5-12-23-24-16-21(17-29-26(24)27(28)30-25(23)15-18)7-6-20-8-10-22(11-9-20)19(2)31-13-3-4-14-31/h3-5,8-17,19H,6-7H2,1-2H3,(H2,28,30). The summed E-state index contributed by atoms with van der Waals surface area (Å²) in [4.78, 5) is 9.18. The lowest BCUT2D eigenvalue weighted by Gasteiger charge is -2.14. The number of nitrogens with zero attached hydrogens (tertiary/aromatic N) is 3. The van der Waals surface area contributed by atoms with E-state index >= 15 is 0 Å². The molecule has 3 heterocycles. The first-order chi connectivity index (χ1) is 15.1. The molecule has 0 aliphatic rings. The van der Waals surface area contributed by atoms with Crippen molar-refractivity contribution in [2.24, 2.45) is 0 Å². The minimum atomic E-state index is 0.338. The van der Waals surface area contributed by atoms with E-state index in [-0.39, 0.29) is 0 Å². The van der Waals surface area contributed by atoms with Crippen LogP contribution in [0.5, 0.6) is 0 Å². The predicted octanol–water partition coefficient (Wildman–Crippen LogP) is 5.87. The molecular weight excluding hydrogens is 380 g/mol. The molecule has 0 fully saturated rings. The second-order valence-corrected chi connectivity index (χ2v) is 8.31. The number of benzene rings is 2. The number of pyridine rings is 2. The van der Waals surface area contributed by atoms with Crippen molar-refractivity contribution in [2.75, 3.05) is 5.73 Å². The Morgan fingerprint density at radius 3 is 2.42 bits per heavy atom. The fraction of sp³-hybridized carbons (Fsp3) is 0.185. The summed E-state index contributed by atoms with van der Waals surface area (Å²) in [5.74, 6) is 0.493. The average Bonchev–Trinajstić information content (AvgIpc) is 3.32. The smallest absolute Gasteiger partial charge is 0.150 e. The largest absolute Gasteiger partial charge is 0.382 e. The van der Waals surface area contributed by atoms with Gasteiger partial charge >= 0.3 is 0 Å². The van der Waals surface area contributed by atoms with E-state index in [9.17, 15) is 0 Å². The van der Waals surface area contributed by atoms with Crippen LogP contribution in [0, 0.1) is 6.92 Å². The Bertz CT molecular complexity index is 1350. The van der Waals surface area contributed by atoms with Gasteiger partial charge in [-0.1, -0.05) is 36.4 Å². The number of rotatable bonds is 5. The molecule has 154 valence electrons. The highest BCUT2D eigenvalue weighted by molar-refractivity contribution is 6.08. The van der Waals surface area contributed by atoms with Gasteiger partial charge in [-0.15, -0.1) is 0 Å². The fourth-order valence-electron chi connectivity index (χ4n) is 4.23. The third kappa shape index (κ3) is 3.77. The maximum absolute atomic E-state index is 6.19. The zero-order valence-electron chi connectivity index (χ0n) is 17.9. The van der Waals surface area contributed by atoms with Crippen molar-refractivity contribution >= 4 is 27.6 Å². The Morgan fingerprint density at radius 2 is 1.65 bits per heavy atom. The molecule has 0 aliphatic carbocycles. The lowest BCUT2D eigenvalue weighted by Crippen LogP contribution is -2.04. The summed E-state index contributed by atoms with van der Waals surface area (Å²) < 4.78 is 2.22. The van der Waals surface area contributed by atoms with E-state index in [1.807, 2.05) is 6.20 Å². The summed E-state index contributed by atoms with van der Waals surface area (Å²) >= 11 is 0. The molecule has 2 N–H and O–H groups in total. The van der Waals surface area contributed by atoms with E-state index in [1.165, 1.54) is 22.3 Å². The summed E-state index contributed by atoms with van der Waals surface area (Å²) in [6.07, 6.45) is 8.06. The number of nitrogen functional groups attached to an aromatic ring is 1. The van der Waals surface area contributed by atoms with Crippen molar-refractivity contribution < 1.29 is 0 Å².